The highest BCUT2D eigenvalue weighted by molar-refractivity contribution is 5.93. The molecule has 2 N–H and O–H groups in total. The largest absolute Gasteiger partial charge is 0.493 e. The predicted octanol–water partition coefficient (Wildman–Crippen LogP) is 4.55. The first-order valence-corrected chi connectivity index (χ1v) is 8.58. The molecule has 3 rings (SSSR count). The molecule has 0 radical (unpaired) electrons. The molecule has 3 nitrogen and oxygen atoms in total. The predicted molar refractivity (Wildman–Crippen MR) is 83.9 cm³/mol. The van der Waals surface area contributed by atoms with Gasteiger partial charge in [0.05, 0.1) is 18.1 Å². The van der Waals surface area contributed by atoms with Gasteiger partial charge < -0.3 is 10.5 Å². The van der Waals surface area contributed by atoms with Crippen molar-refractivity contribution in [3.05, 3.63) is 29.1 Å². The average molecular weight is 359 g/mol. The number of hydrogen-bond acceptors (Lipinski definition) is 2. The summed E-state index contributed by atoms with van der Waals surface area (Å²) in [6, 6.07) is 2.63. The number of primary amides is 1. The molecule has 0 unspecified atom stereocenters. The summed E-state index contributed by atoms with van der Waals surface area (Å²) in [5, 5.41) is 0. The van der Waals surface area contributed by atoms with Gasteiger partial charge in [-0.3, -0.25) is 4.79 Å². The lowest BCUT2D eigenvalue weighted by atomic mass is 9.82. The van der Waals surface area contributed by atoms with E-state index in [9.17, 15) is 22.4 Å². The van der Waals surface area contributed by atoms with Crippen molar-refractivity contribution in [3.8, 4) is 5.75 Å². The van der Waals surface area contributed by atoms with Gasteiger partial charge in [-0.1, -0.05) is 0 Å². The molecule has 0 bridgehead atoms. The van der Waals surface area contributed by atoms with Gasteiger partial charge >= 0.3 is 6.18 Å². The zero-order chi connectivity index (χ0) is 18.2. The average Bonchev–Trinajstić information content (AvgIpc) is 3.37. The second-order valence-corrected chi connectivity index (χ2v) is 7.08. The first kappa shape index (κ1) is 18.0. The van der Waals surface area contributed by atoms with Crippen LogP contribution in [0.15, 0.2) is 12.1 Å². The molecule has 25 heavy (non-hydrogen) atoms. The fraction of sp³-hybridized carbons (Fsp3) is 0.611. The third-order valence-corrected chi connectivity index (χ3v) is 5.17. The van der Waals surface area contributed by atoms with Gasteiger partial charge in [-0.2, -0.15) is 13.2 Å². The Labute approximate surface area is 143 Å². The lowest BCUT2D eigenvalue weighted by molar-refractivity contribution is -0.184. The van der Waals surface area contributed by atoms with Crippen molar-refractivity contribution in [2.24, 2.45) is 17.6 Å². The van der Waals surface area contributed by atoms with Crippen LogP contribution in [0.2, 0.25) is 0 Å². The van der Waals surface area contributed by atoms with E-state index in [4.69, 9.17) is 10.5 Å². The second kappa shape index (κ2) is 6.84. The summed E-state index contributed by atoms with van der Waals surface area (Å²) in [5.74, 6) is -2.13. The van der Waals surface area contributed by atoms with Gasteiger partial charge in [-0.25, -0.2) is 4.39 Å². The van der Waals surface area contributed by atoms with Crippen LogP contribution < -0.4 is 10.5 Å². The molecule has 1 amide bonds. The number of nitrogens with two attached hydrogens (primary N) is 1. The smallest absolute Gasteiger partial charge is 0.391 e. The standard InChI is InChI=1S/C18H21F4NO2/c19-15-8-16(13(11-3-4-11)7-14(15)17(23)24)25-9-10-1-5-12(6-2-10)18(20,21)22/h7-8,10-12H,1-6,9H2,(H2,23,24). The molecule has 2 aliphatic carbocycles. The maximum Gasteiger partial charge on any atom is 0.391 e. The Morgan fingerprint density at radius 3 is 2.28 bits per heavy atom. The molecular weight excluding hydrogens is 338 g/mol. The number of benzene rings is 1. The summed E-state index contributed by atoms with van der Waals surface area (Å²) in [7, 11) is 0. The van der Waals surface area contributed by atoms with Crippen molar-refractivity contribution in [3.63, 3.8) is 0 Å². The summed E-state index contributed by atoms with van der Waals surface area (Å²) in [6.45, 7) is 0.264. The Morgan fingerprint density at radius 1 is 1.12 bits per heavy atom. The van der Waals surface area contributed by atoms with Crippen LogP contribution in [-0.2, 0) is 0 Å². The Morgan fingerprint density at radius 2 is 1.76 bits per heavy atom. The molecule has 2 aliphatic rings. The SMILES string of the molecule is NC(=O)c1cc(C2CC2)c(OCC2CCC(C(F)(F)F)CC2)cc1F. The van der Waals surface area contributed by atoms with Gasteiger partial charge in [0, 0.05) is 6.07 Å². The van der Waals surface area contributed by atoms with E-state index in [1.807, 2.05) is 0 Å². The van der Waals surface area contributed by atoms with Gasteiger partial charge in [0.1, 0.15) is 11.6 Å². The fourth-order valence-electron chi connectivity index (χ4n) is 3.46. The minimum absolute atomic E-state index is 0.0320. The molecular formula is C18H21F4NO2. The zero-order valence-electron chi connectivity index (χ0n) is 13.7. The quantitative estimate of drug-likeness (QED) is 0.784. The van der Waals surface area contributed by atoms with Gasteiger partial charge in [0.2, 0.25) is 0 Å². The van der Waals surface area contributed by atoms with Crippen molar-refractivity contribution >= 4 is 5.91 Å². The highest BCUT2D eigenvalue weighted by Gasteiger charge is 2.41. The van der Waals surface area contributed by atoms with Crippen LogP contribution in [-0.4, -0.2) is 18.7 Å². The number of ether oxygens (including phenoxy) is 1. The van der Waals surface area contributed by atoms with E-state index in [1.54, 1.807) is 0 Å². The first-order valence-electron chi connectivity index (χ1n) is 8.58. The van der Waals surface area contributed by atoms with E-state index >= 15 is 0 Å². The van der Waals surface area contributed by atoms with E-state index in [0.29, 0.717) is 18.6 Å². The summed E-state index contributed by atoms with van der Waals surface area (Å²) >= 11 is 0. The number of halogens is 4. The molecule has 0 aromatic heterocycles. The van der Waals surface area contributed by atoms with Crippen LogP contribution >= 0.6 is 0 Å². The first-order chi connectivity index (χ1) is 11.8. The minimum Gasteiger partial charge on any atom is -0.493 e. The molecule has 138 valence electrons. The summed E-state index contributed by atoms with van der Waals surface area (Å²) in [5.41, 5.74) is 5.79. The lowest BCUT2D eigenvalue weighted by Crippen LogP contribution is -2.29. The van der Waals surface area contributed by atoms with Crippen LogP contribution in [0.1, 0.15) is 60.4 Å². The highest BCUT2D eigenvalue weighted by atomic mass is 19.4. The molecule has 2 saturated carbocycles. The number of carbonyl (C=O) groups is 1. The van der Waals surface area contributed by atoms with Crippen LogP contribution in [0.3, 0.4) is 0 Å². The summed E-state index contributed by atoms with van der Waals surface area (Å²) in [6.07, 6.45) is -1.12. The lowest BCUT2D eigenvalue weighted by Gasteiger charge is -2.29. The number of alkyl halides is 3. The Kier molecular flexibility index (Phi) is 4.93. The third-order valence-electron chi connectivity index (χ3n) is 5.17. The Hall–Kier alpha value is -1.79. The van der Waals surface area contributed by atoms with Crippen LogP contribution in [0, 0.1) is 17.7 Å². The van der Waals surface area contributed by atoms with Gasteiger partial charge in [-0.05, 0) is 62.0 Å². The zero-order valence-corrected chi connectivity index (χ0v) is 13.7. The molecule has 0 heterocycles. The number of amides is 1. The summed E-state index contributed by atoms with van der Waals surface area (Å²) < 4.78 is 57.9. The maximum atomic E-state index is 14.0. The molecule has 0 saturated heterocycles. The van der Waals surface area contributed by atoms with Crippen LogP contribution in [0.5, 0.6) is 5.75 Å². The molecule has 0 aliphatic heterocycles. The van der Waals surface area contributed by atoms with E-state index < -0.39 is 23.8 Å². The number of carbonyl (C=O) groups excluding carboxylic acids is 1. The van der Waals surface area contributed by atoms with E-state index in [2.05, 4.69) is 0 Å². The van der Waals surface area contributed by atoms with Crippen molar-refractivity contribution in [2.45, 2.75) is 50.6 Å². The highest BCUT2D eigenvalue weighted by Crippen LogP contribution is 2.45. The van der Waals surface area contributed by atoms with Crippen molar-refractivity contribution in [2.75, 3.05) is 6.61 Å². The third kappa shape index (κ3) is 4.25. The van der Waals surface area contributed by atoms with Gasteiger partial charge in [0.15, 0.2) is 0 Å². The Bertz CT molecular complexity index is 647. The second-order valence-electron chi connectivity index (χ2n) is 7.08. The topological polar surface area (TPSA) is 52.3 Å². The van der Waals surface area contributed by atoms with Crippen LogP contribution in [0.25, 0.3) is 0 Å². The number of hydrogen-bond donors (Lipinski definition) is 1. The van der Waals surface area contributed by atoms with Crippen molar-refractivity contribution in [1.29, 1.82) is 0 Å². The van der Waals surface area contributed by atoms with Crippen molar-refractivity contribution in [1.82, 2.24) is 0 Å². The molecule has 2 fully saturated rings. The normalized spacial score (nSPS) is 24.2. The van der Waals surface area contributed by atoms with Gasteiger partial charge in [-0.15, -0.1) is 0 Å². The monoisotopic (exact) mass is 359 g/mol. The molecule has 1 aromatic rings. The van der Waals surface area contributed by atoms with Crippen molar-refractivity contribution < 1.29 is 27.1 Å². The van der Waals surface area contributed by atoms with E-state index in [0.717, 1.165) is 18.4 Å². The molecule has 7 heteroatoms. The van der Waals surface area contributed by atoms with Crippen LogP contribution in [0.4, 0.5) is 17.6 Å². The molecule has 0 atom stereocenters. The fourth-order valence-corrected chi connectivity index (χ4v) is 3.46. The van der Waals surface area contributed by atoms with E-state index in [-0.39, 0.29) is 36.8 Å². The van der Waals surface area contributed by atoms with Gasteiger partial charge in [0.25, 0.3) is 5.91 Å². The Balaban J connectivity index is 1.64. The maximum absolute atomic E-state index is 14.0. The number of rotatable bonds is 5. The van der Waals surface area contributed by atoms with E-state index in [1.165, 1.54) is 12.1 Å². The summed E-state index contributed by atoms with van der Waals surface area (Å²) in [4.78, 5) is 11.3. The molecule has 1 aromatic carbocycles. The molecule has 0 spiro atoms. The minimum atomic E-state index is -4.13.